The number of quaternary nitrogens is 1. The molecule has 2 aromatic heterocycles. The summed E-state index contributed by atoms with van der Waals surface area (Å²) < 4.78 is 18.1. The highest BCUT2D eigenvalue weighted by molar-refractivity contribution is 7.71. The zero-order chi connectivity index (χ0) is 18.7. The summed E-state index contributed by atoms with van der Waals surface area (Å²) in [6.45, 7) is 3.48. The predicted molar refractivity (Wildman–Crippen MR) is 104 cm³/mol. The molecule has 0 aliphatic carbocycles. The van der Waals surface area contributed by atoms with Crippen LogP contribution in [0.25, 0.3) is 10.8 Å². The van der Waals surface area contributed by atoms with Gasteiger partial charge in [-0.25, -0.2) is 0 Å². The fourth-order valence-corrected chi connectivity index (χ4v) is 3.58. The third-order valence-electron chi connectivity index (χ3n) is 4.09. The van der Waals surface area contributed by atoms with Crippen LogP contribution in [0.2, 0.25) is 0 Å². The highest BCUT2D eigenvalue weighted by Crippen LogP contribution is 2.30. The molecule has 0 radical (unpaired) electrons. The fraction of sp³-hybridized carbons (Fsp3) is 0.333. The van der Waals surface area contributed by atoms with Crippen LogP contribution in [0.3, 0.4) is 0 Å². The summed E-state index contributed by atoms with van der Waals surface area (Å²) in [7, 11) is 5.39. The molecule has 0 amide bonds. The summed E-state index contributed by atoms with van der Waals surface area (Å²) in [4.78, 5) is 2.59. The Labute approximate surface area is 161 Å². The monoisotopic (exact) mass is 392 g/mol. The van der Waals surface area contributed by atoms with Gasteiger partial charge in [-0.05, 0) is 48.3 Å². The van der Waals surface area contributed by atoms with E-state index in [2.05, 4.69) is 19.1 Å². The van der Waals surface area contributed by atoms with Crippen LogP contribution in [-0.4, -0.2) is 31.0 Å². The van der Waals surface area contributed by atoms with E-state index < -0.39 is 0 Å². The zero-order valence-electron chi connectivity index (χ0n) is 15.2. The van der Waals surface area contributed by atoms with Gasteiger partial charge in [-0.15, -0.1) is 16.4 Å². The van der Waals surface area contributed by atoms with Gasteiger partial charge in [0, 0.05) is 5.56 Å². The average Bonchev–Trinajstić information content (AvgIpc) is 3.26. The first-order valence-corrected chi connectivity index (χ1v) is 9.45. The molecular formula is C18H22N3O3S2+. The third-order valence-corrected chi connectivity index (χ3v) is 5.24. The Morgan fingerprint density at radius 3 is 2.65 bits per heavy atom. The number of methoxy groups -OCH3 is 2. The number of hydrogen-bond donors (Lipinski definition) is 1. The quantitative estimate of drug-likeness (QED) is 0.627. The molecule has 0 saturated heterocycles. The van der Waals surface area contributed by atoms with E-state index in [9.17, 15) is 0 Å². The first kappa shape index (κ1) is 18.6. The van der Waals surface area contributed by atoms with Crippen LogP contribution >= 0.6 is 23.6 Å². The number of benzene rings is 1. The Morgan fingerprint density at radius 2 is 2.00 bits per heavy atom. The van der Waals surface area contributed by atoms with Gasteiger partial charge in [0.1, 0.15) is 6.54 Å². The number of aromatic nitrogens is 2. The van der Waals surface area contributed by atoms with Gasteiger partial charge in [0.2, 0.25) is 0 Å². The van der Waals surface area contributed by atoms with E-state index in [0.29, 0.717) is 17.4 Å². The molecule has 2 heterocycles. The van der Waals surface area contributed by atoms with Crippen molar-refractivity contribution in [2.24, 2.45) is 0 Å². The maximum Gasteiger partial charge on any atom is 0.292 e. The normalized spacial score (nSPS) is 12.2. The van der Waals surface area contributed by atoms with E-state index in [1.165, 1.54) is 10.5 Å². The maximum atomic E-state index is 5.63. The van der Waals surface area contributed by atoms with E-state index in [1.54, 1.807) is 30.2 Å². The van der Waals surface area contributed by atoms with Gasteiger partial charge >= 0.3 is 0 Å². The highest BCUT2D eigenvalue weighted by Gasteiger charge is 2.15. The molecule has 1 N–H and O–H groups in total. The average molecular weight is 393 g/mol. The Kier molecular flexibility index (Phi) is 5.75. The van der Waals surface area contributed by atoms with Gasteiger partial charge in [0.05, 0.1) is 26.1 Å². The lowest BCUT2D eigenvalue weighted by molar-refractivity contribution is -0.917. The smallest absolute Gasteiger partial charge is 0.292 e. The molecule has 0 aliphatic heterocycles. The molecule has 0 spiro atoms. The molecule has 0 fully saturated rings. The molecular weight excluding hydrogens is 370 g/mol. The third kappa shape index (κ3) is 3.98. The van der Waals surface area contributed by atoms with Gasteiger partial charge in [0.15, 0.2) is 18.2 Å². The summed E-state index contributed by atoms with van der Waals surface area (Å²) in [5, 5.41) is 6.50. The van der Waals surface area contributed by atoms with E-state index in [4.69, 9.17) is 26.1 Å². The second-order valence-electron chi connectivity index (χ2n) is 6.08. The van der Waals surface area contributed by atoms with Gasteiger partial charge in [0.25, 0.3) is 10.7 Å². The summed E-state index contributed by atoms with van der Waals surface area (Å²) in [5.74, 6) is 2.05. The van der Waals surface area contributed by atoms with E-state index >= 15 is 0 Å². The van der Waals surface area contributed by atoms with Crippen LogP contribution in [0.1, 0.15) is 11.1 Å². The van der Waals surface area contributed by atoms with Gasteiger partial charge in [-0.1, -0.05) is 6.07 Å². The van der Waals surface area contributed by atoms with E-state index in [1.807, 2.05) is 29.6 Å². The number of rotatable bonds is 7. The van der Waals surface area contributed by atoms with Crippen molar-refractivity contribution in [1.29, 1.82) is 0 Å². The molecule has 8 heteroatoms. The lowest BCUT2D eigenvalue weighted by Crippen LogP contribution is -3.07. The van der Waals surface area contributed by atoms with Crippen LogP contribution in [0, 0.1) is 11.8 Å². The highest BCUT2D eigenvalue weighted by atomic mass is 32.1. The molecule has 3 rings (SSSR count). The minimum Gasteiger partial charge on any atom is -0.493 e. The maximum absolute atomic E-state index is 5.63. The molecule has 1 atom stereocenters. The molecule has 26 heavy (non-hydrogen) atoms. The van der Waals surface area contributed by atoms with Crippen molar-refractivity contribution in [3.63, 3.8) is 0 Å². The lowest BCUT2D eigenvalue weighted by atomic mass is 10.1. The molecule has 138 valence electrons. The second-order valence-corrected chi connectivity index (χ2v) is 7.37. The number of nitrogens with one attached hydrogen (secondary N) is 1. The standard InChI is InChI=1S/C18H21N3O3S2/c1-12-8-14(22-3)15(23-4)9-13(12)10-20(2)11-21-18(25)24-17(19-21)16-6-5-7-26-16/h5-9H,10-11H2,1-4H3/p+1. The SMILES string of the molecule is COc1cc(C)c(C[NH+](C)Cn2nc(-c3cccs3)oc2=S)cc1OC. The summed E-state index contributed by atoms with van der Waals surface area (Å²) in [6.07, 6.45) is 0. The molecule has 3 aromatic rings. The van der Waals surface area contributed by atoms with Crippen molar-refractivity contribution < 1.29 is 18.8 Å². The Hall–Kier alpha value is -2.16. The van der Waals surface area contributed by atoms with Crippen LogP contribution in [0.15, 0.2) is 34.1 Å². The first-order valence-electron chi connectivity index (χ1n) is 8.16. The number of nitrogens with zero attached hydrogens (tertiary/aromatic N) is 2. The summed E-state index contributed by atoms with van der Waals surface area (Å²) >= 11 is 6.90. The van der Waals surface area contributed by atoms with Crippen molar-refractivity contribution in [2.45, 2.75) is 20.1 Å². The van der Waals surface area contributed by atoms with Gasteiger partial charge < -0.3 is 18.8 Å². The van der Waals surface area contributed by atoms with Crippen molar-refractivity contribution in [3.8, 4) is 22.3 Å². The minimum absolute atomic E-state index is 0.386. The van der Waals surface area contributed by atoms with Crippen molar-refractivity contribution >= 4 is 23.6 Å². The molecule has 0 bridgehead atoms. The number of thiophene rings is 1. The van der Waals surface area contributed by atoms with Gasteiger partial charge in [-0.2, -0.15) is 4.68 Å². The largest absolute Gasteiger partial charge is 0.493 e. The minimum atomic E-state index is 0.386. The van der Waals surface area contributed by atoms with Crippen LogP contribution in [0.5, 0.6) is 11.5 Å². The van der Waals surface area contributed by atoms with Crippen molar-refractivity contribution in [2.75, 3.05) is 21.3 Å². The zero-order valence-corrected chi connectivity index (χ0v) is 16.9. The number of hydrogen-bond acceptors (Lipinski definition) is 6. The van der Waals surface area contributed by atoms with Crippen LogP contribution in [0.4, 0.5) is 0 Å². The summed E-state index contributed by atoms with van der Waals surface area (Å²) in [5.41, 5.74) is 2.35. The number of ether oxygens (including phenoxy) is 2. The summed E-state index contributed by atoms with van der Waals surface area (Å²) in [6, 6.07) is 7.96. The van der Waals surface area contributed by atoms with Crippen molar-refractivity contribution in [3.05, 3.63) is 45.6 Å². The molecule has 1 aromatic carbocycles. The fourth-order valence-electron chi connectivity index (χ4n) is 2.76. The predicted octanol–water partition coefficient (Wildman–Crippen LogP) is 2.93. The van der Waals surface area contributed by atoms with E-state index in [-0.39, 0.29) is 0 Å². The second kappa shape index (κ2) is 8.03. The first-order chi connectivity index (χ1) is 12.5. The Morgan fingerprint density at radius 1 is 1.27 bits per heavy atom. The molecule has 0 saturated carbocycles. The lowest BCUT2D eigenvalue weighted by Gasteiger charge is -2.17. The van der Waals surface area contributed by atoms with Gasteiger partial charge in [-0.3, -0.25) is 0 Å². The van der Waals surface area contributed by atoms with Crippen molar-refractivity contribution in [1.82, 2.24) is 9.78 Å². The van der Waals surface area contributed by atoms with Crippen LogP contribution < -0.4 is 14.4 Å². The molecule has 1 unspecified atom stereocenters. The Balaban J connectivity index is 1.75. The molecule has 0 aliphatic rings. The van der Waals surface area contributed by atoms with Crippen LogP contribution in [-0.2, 0) is 13.2 Å². The number of aryl methyl sites for hydroxylation is 1. The Bertz CT molecular complexity index is 932. The van der Waals surface area contributed by atoms with E-state index in [0.717, 1.165) is 28.5 Å². The topological polar surface area (TPSA) is 53.9 Å². The molecule has 6 nitrogen and oxygen atoms in total.